The number of rotatable bonds is 8. The van der Waals surface area contributed by atoms with E-state index in [9.17, 15) is 4.79 Å². The molecular formula is C28H25Cl2N3OS. The van der Waals surface area contributed by atoms with Crippen molar-refractivity contribution in [3.63, 3.8) is 0 Å². The minimum absolute atomic E-state index is 0.00456. The summed E-state index contributed by atoms with van der Waals surface area (Å²) in [6.45, 7) is 2.11. The molecule has 3 N–H and O–H groups in total. The van der Waals surface area contributed by atoms with Crippen molar-refractivity contribution in [3.8, 4) is 0 Å². The number of H-pyrrole nitrogens is 2. The first-order valence-corrected chi connectivity index (χ1v) is 13.3. The lowest BCUT2D eigenvalue weighted by atomic mass is 9.87. The number of thioether (sulfide) groups is 1. The van der Waals surface area contributed by atoms with E-state index in [4.69, 9.17) is 23.2 Å². The van der Waals surface area contributed by atoms with Crippen LogP contribution >= 0.6 is 35.0 Å². The van der Waals surface area contributed by atoms with E-state index in [1.807, 2.05) is 73.1 Å². The molecule has 4 nitrogen and oxygen atoms in total. The third-order valence-electron chi connectivity index (χ3n) is 6.22. The summed E-state index contributed by atoms with van der Waals surface area (Å²) in [5.74, 6) is 0.959. The van der Waals surface area contributed by atoms with Gasteiger partial charge in [0.25, 0.3) is 0 Å². The molecule has 0 aliphatic carbocycles. The quantitative estimate of drug-likeness (QED) is 0.179. The highest BCUT2D eigenvalue weighted by atomic mass is 35.5. The Hall–Kier alpha value is -2.86. The van der Waals surface area contributed by atoms with Crippen LogP contribution in [0.2, 0.25) is 10.0 Å². The van der Waals surface area contributed by atoms with E-state index >= 15 is 0 Å². The minimum atomic E-state index is 0.00456. The number of anilines is 1. The normalized spacial score (nSPS) is 11.5. The Bertz CT molecular complexity index is 1430. The van der Waals surface area contributed by atoms with E-state index in [2.05, 4.69) is 22.2 Å². The lowest BCUT2D eigenvalue weighted by Crippen LogP contribution is -2.14. The smallest absolute Gasteiger partial charge is 0.224 e. The zero-order valence-electron chi connectivity index (χ0n) is 19.2. The third kappa shape index (κ3) is 5.08. The van der Waals surface area contributed by atoms with Crippen molar-refractivity contribution in [1.29, 1.82) is 0 Å². The maximum atomic E-state index is 13.1. The van der Waals surface area contributed by atoms with Gasteiger partial charge in [0, 0.05) is 61.5 Å². The lowest BCUT2D eigenvalue weighted by molar-refractivity contribution is -0.116. The first-order chi connectivity index (χ1) is 17.0. The maximum Gasteiger partial charge on any atom is 0.224 e. The average Bonchev–Trinajstić information content (AvgIpc) is 3.45. The van der Waals surface area contributed by atoms with Gasteiger partial charge in [-0.05, 0) is 59.7 Å². The number of para-hydroxylation sites is 1. The van der Waals surface area contributed by atoms with Crippen LogP contribution in [0.25, 0.3) is 21.8 Å². The number of aromatic amines is 2. The van der Waals surface area contributed by atoms with E-state index in [-0.39, 0.29) is 11.8 Å². The molecule has 0 spiro atoms. The van der Waals surface area contributed by atoms with E-state index in [0.29, 0.717) is 22.9 Å². The Kier molecular flexibility index (Phi) is 7.09. The fourth-order valence-electron chi connectivity index (χ4n) is 4.64. The fourth-order valence-corrected chi connectivity index (χ4v) is 5.74. The number of fused-ring (bicyclic) bond motifs is 2. The maximum absolute atomic E-state index is 13.1. The first kappa shape index (κ1) is 23.9. The second-order valence-corrected chi connectivity index (χ2v) is 10.6. The predicted molar refractivity (Wildman–Crippen MR) is 149 cm³/mol. The van der Waals surface area contributed by atoms with Crippen LogP contribution in [-0.4, -0.2) is 21.6 Å². The van der Waals surface area contributed by atoms with Gasteiger partial charge in [0.15, 0.2) is 0 Å². The van der Waals surface area contributed by atoms with Crippen LogP contribution in [-0.2, 0) is 4.79 Å². The zero-order valence-corrected chi connectivity index (χ0v) is 21.5. The number of amides is 1. The van der Waals surface area contributed by atoms with Gasteiger partial charge in [-0.25, -0.2) is 0 Å². The number of halogens is 2. The summed E-state index contributed by atoms with van der Waals surface area (Å²) in [5, 5.41) is 6.70. The van der Waals surface area contributed by atoms with E-state index in [1.165, 1.54) is 0 Å². The van der Waals surface area contributed by atoms with Crippen LogP contribution < -0.4 is 5.32 Å². The zero-order chi connectivity index (χ0) is 24.4. The highest BCUT2D eigenvalue weighted by Crippen LogP contribution is 2.39. The molecule has 0 fully saturated rings. The molecule has 0 atom stereocenters. The number of carbonyl (C=O) groups excluding carboxylic acids is 1. The number of hydrogen-bond acceptors (Lipinski definition) is 2. The lowest BCUT2D eigenvalue weighted by Gasteiger charge is -2.17. The Morgan fingerprint density at radius 1 is 0.914 bits per heavy atom. The SMILES string of the molecule is CCSc1ccccc1NC(=O)CCC(c1c[nH]c2cc(Cl)ccc12)c1c[nH]c2cc(Cl)ccc12. The molecule has 3 aromatic carbocycles. The van der Waals surface area contributed by atoms with Crippen molar-refractivity contribution < 1.29 is 4.79 Å². The number of hydrogen-bond donors (Lipinski definition) is 3. The number of aromatic nitrogens is 2. The van der Waals surface area contributed by atoms with Gasteiger partial charge in [0.1, 0.15) is 0 Å². The van der Waals surface area contributed by atoms with Gasteiger partial charge >= 0.3 is 0 Å². The molecule has 0 saturated heterocycles. The third-order valence-corrected chi connectivity index (χ3v) is 7.65. The first-order valence-electron chi connectivity index (χ1n) is 11.6. The van der Waals surface area contributed by atoms with E-state index in [1.54, 1.807) is 11.8 Å². The van der Waals surface area contributed by atoms with Crippen LogP contribution in [0.15, 0.2) is 78.0 Å². The topological polar surface area (TPSA) is 60.7 Å². The monoisotopic (exact) mass is 521 g/mol. The fraction of sp³-hybridized carbons (Fsp3) is 0.179. The van der Waals surface area contributed by atoms with E-state index < -0.39 is 0 Å². The van der Waals surface area contributed by atoms with Crippen molar-refractivity contribution >= 4 is 68.4 Å². The standard InChI is InChI=1S/C28H25Cl2N3OS/c1-2-35-27-6-4-3-5-24(27)33-28(34)12-11-19(22-15-31-25-13-17(29)7-9-20(22)25)23-16-32-26-14-18(30)8-10-21(23)26/h3-10,13-16,19,31-32H,2,11-12H2,1H3,(H,33,34). The Morgan fingerprint density at radius 2 is 1.51 bits per heavy atom. The number of nitrogens with one attached hydrogen (secondary N) is 3. The summed E-state index contributed by atoms with van der Waals surface area (Å²) in [6, 6.07) is 19.7. The van der Waals surface area contributed by atoms with Crippen LogP contribution in [0.1, 0.15) is 36.8 Å². The van der Waals surface area contributed by atoms with Gasteiger partial charge in [-0.3, -0.25) is 4.79 Å². The molecule has 0 saturated carbocycles. The van der Waals surface area contributed by atoms with Crippen molar-refractivity contribution in [1.82, 2.24) is 9.97 Å². The predicted octanol–water partition coefficient (Wildman–Crippen LogP) is 8.62. The van der Waals surface area contributed by atoms with Crippen molar-refractivity contribution in [3.05, 3.63) is 94.2 Å². The molecule has 0 aliphatic heterocycles. The summed E-state index contributed by atoms with van der Waals surface area (Å²) in [5.41, 5.74) is 5.11. The van der Waals surface area contributed by atoms with Crippen LogP contribution in [0.4, 0.5) is 5.69 Å². The van der Waals surface area contributed by atoms with Gasteiger partial charge in [0.2, 0.25) is 5.91 Å². The number of benzene rings is 3. The molecule has 178 valence electrons. The molecule has 0 bridgehead atoms. The molecule has 2 heterocycles. The summed E-state index contributed by atoms with van der Waals surface area (Å²) in [6.07, 6.45) is 5.10. The Balaban J connectivity index is 1.46. The average molecular weight is 523 g/mol. The van der Waals surface area contributed by atoms with Gasteiger partial charge in [-0.2, -0.15) is 0 Å². The number of carbonyl (C=O) groups is 1. The largest absolute Gasteiger partial charge is 0.361 e. The molecule has 1 amide bonds. The molecule has 0 radical (unpaired) electrons. The summed E-state index contributed by atoms with van der Waals surface area (Å²) in [7, 11) is 0. The van der Waals surface area contributed by atoms with Crippen LogP contribution in [0, 0.1) is 0 Å². The second-order valence-electron chi connectivity index (χ2n) is 8.44. The molecule has 35 heavy (non-hydrogen) atoms. The molecule has 0 aliphatic rings. The minimum Gasteiger partial charge on any atom is -0.361 e. The van der Waals surface area contributed by atoms with Crippen molar-refractivity contribution in [2.24, 2.45) is 0 Å². The molecule has 5 aromatic rings. The van der Waals surface area contributed by atoms with Gasteiger partial charge in [0.05, 0.1) is 5.69 Å². The van der Waals surface area contributed by atoms with Crippen molar-refractivity contribution in [2.45, 2.75) is 30.6 Å². The summed E-state index contributed by atoms with van der Waals surface area (Å²) < 4.78 is 0. The second kappa shape index (κ2) is 10.4. The summed E-state index contributed by atoms with van der Waals surface area (Å²) in [4.78, 5) is 20.9. The molecule has 2 aromatic heterocycles. The van der Waals surface area contributed by atoms with Crippen molar-refractivity contribution in [2.75, 3.05) is 11.1 Å². The molecule has 0 unspecified atom stereocenters. The van der Waals surface area contributed by atoms with Crippen LogP contribution in [0.3, 0.4) is 0 Å². The van der Waals surface area contributed by atoms with E-state index in [0.717, 1.165) is 49.3 Å². The van der Waals surface area contributed by atoms with Crippen LogP contribution in [0.5, 0.6) is 0 Å². The Labute approximate surface area is 218 Å². The highest BCUT2D eigenvalue weighted by molar-refractivity contribution is 7.99. The Morgan fingerprint density at radius 3 is 2.11 bits per heavy atom. The van der Waals surface area contributed by atoms with Gasteiger partial charge in [-0.1, -0.05) is 54.4 Å². The molecular weight excluding hydrogens is 497 g/mol. The molecule has 7 heteroatoms. The molecule has 5 rings (SSSR count). The highest BCUT2D eigenvalue weighted by Gasteiger charge is 2.23. The van der Waals surface area contributed by atoms with Gasteiger partial charge in [-0.15, -0.1) is 11.8 Å². The van der Waals surface area contributed by atoms with Gasteiger partial charge < -0.3 is 15.3 Å². The summed E-state index contributed by atoms with van der Waals surface area (Å²) >= 11 is 14.2.